The number of benzene rings is 10. The Kier molecular flexibility index (Phi) is 7.21. The second kappa shape index (κ2) is 12.8. The van der Waals surface area contributed by atoms with Gasteiger partial charge in [-0.15, -0.1) is 22.7 Å². The molecular weight excluding hydrogens is 749 g/mol. The molecule has 0 unspecified atom stereocenters. The Hall–Kier alpha value is -6.84. The van der Waals surface area contributed by atoms with E-state index in [1.165, 1.54) is 129 Å². The Morgan fingerprint density at radius 1 is 0.254 bits per heavy atom. The van der Waals surface area contributed by atoms with E-state index in [-0.39, 0.29) is 0 Å². The van der Waals surface area contributed by atoms with Gasteiger partial charge in [-0.25, -0.2) is 0 Å². The van der Waals surface area contributed by atoms with Gasteiger partial charge in [0.1, 0.15) is 0 Å². The van der Waals surface area contributed by atoms with E-state index in [2.05, 4.69) is 194 Å². The summed E-state index contributed by atoms with van der Waals surface area (Å²) in [4.78, 5) is 0. The van der Waals surface area contributed by atoms with Crippen molar-refractivity contribution in [3.8, 4) is 55.6 Å². The lowest BCUT2D eigenvalue weighted by Gasteiger charge is -2.10. The summed E-state index contributed by atoms with van der Waals surface area (Å²) in [6, 6.07) is 72.6. The highest BCUT2D eigenvalue weighted by atomic mass is 32.1. The molecule has 274 valence electrons. The third kappa shape index (κ3) is 5.01. The largest absolute Gasteiger partial charge is 0.134 e. The summed E-state index contributed by atoms with van der Waals surface area (Å²) in [6.45, 7) is 0. The van der Waals surface area contributed by atoms with Crippen LogP contribution in [0.25, 0.3) is 118 Å². The summed E-state index contributed by atoms with van der Waals surface area (Å²) in [7, 11) is 0. The van der Waals surface area contributed by atoms with Gasteiger partial charge in [-0.05, 0) is 95.7 Å². The van der Waals surface area contributed by atoms with Gasteiger partial charge in [0.15, 0.2) is 0 Å². The minimum Gasteiger partial charge on any atom is -0.134 e. The second-order valence-corrected chi connectivity index (χ2v) is 17.9. The zero-order valence-electron chi connectivity index (χ0n) is 32.0. The van der Waals surface area contributed by atoms with Crippen LogP contribution in [-0.2, 0) is 6.42 Å². The molecule has 0 aliphatic heterocycles. The van der Waals surface area contributed by atoms with E-state index >= 15 is 0 Å². The molecule has 10 aromatic carbocycles. The van der Waals surface area contributed by atoms with E-state index in [1.807, 2.05) is 22.7 Å². The predicted molar refractivity (Wildman–Crippen MR) is 257 cm³/mol. The molecule has 0 saturated carbocycles. The number of fused-ring (bicyclic) bond motifs is 11. The van der Waals surface area contributed by atoms with E-state index in [1.54, 1.807) is 0 Å². The van der Waals surface area contributed by atoms with Gasteiger partial charge < -0.3 is 0 Å². The molecule has 0 amide bonds. The Labute approximate surface area is 349 Å². The summed E-state index contributed by atoms with van der Waals surface area (Å²) in [6.07, 6.45) is 0.966. The van der Waals surface area contributed by atoms with Crippen molar-refractivity contribution in [1.29, 1.82) is 0 Å². The van der Waals surface area contributed by atoms with Gasteiger partial charge in [0.25, 0.3) is 0 Å². The fourth-order valence-corrected chi connectivity index (χ4v) is 12.7. The molecule has 0 atom stereocenters. The second-order valence-electron chi connectivity index (χ2n) is 15.9. The topological polar surface area (TPSA) is 0 Å². The lowest BCUT2D eigenvalue weighted by atomic mass is 9.94. The van der Waals surface area contributed by atoms with Crippen LogP contribution in [0, 0.1) is 0 Å². The number of hydrogen-bond donors (Lipinski definition) is 0. The maximum atomic E-state index is 2.46. The predicted octanol–water partition coefficient (Wildman–Crippen LogP) is 17.0. The first-order valence-corrected chi connectivity index (χ1v) is 22.0. The Morgan fingerprint density at radius 2 is 0.593 bits per heavy atom. The van der Waals surface area contributed by atoms with Crippen LogP contribution in [0.15, 0.2) is 194 Å². The average molecular weight is 783 g/mol. The lowest BCUT2D eigenvalue weighted by Crippen LogP contribution is -1.84. The van der Waals surface area contributed by atoms with Crippen LogP contribution in [0.4, 0.5) is 0 Å². The fourth-order valence-electron chi connectivity index (χ4n) is 9.94. The molecule has 1 aliphatic rings. The van der Waals surface area contributed by atoms with Crippen LogP contribution in [0.1, 0.15) is 11.1 Å². The summed E-state index contributed by atoms with van der Waals surface area (Å²) in [5, 5.41) is 10.5. The Balaban J connectivity index is 0.932. The molecule has 0 nitrogen and oxygen atoms in total. The fraction of sp³-hybridized carbons (Fsp3) is 0.0175. The molecule has 2 heterocycles. The number of hydrogen-bond acceptors (Lipinski definition) is 2. The average Bonchev–Trinajstić information content (AvgIpc) is 4.00. The van der Waals surface area contributed by atoms with Crippen LogP contribution in [0.2, 0.25) is 0 Å². The maximum absolute atomic E-state index is 2.46. The standard InChI is InChI=1S/C57H34S2/c1-3-15-40-34(11-1)13-5-19-44(40)46-21-9-25-50-48-23-7-17-42(54(48)58-56(46)50)38-29-27-36-31-37-28-30-39(33-53(37)52(36)32-38)43-18-8-24-49-51-26-10-22-47(57(51)59-55(43)49)45-20-6-14-35-12-2-4-16-41(35)45/h1-30,32-33H,31H2. The zero-order valence-corrected chi connectivity index (χ0v) is 33.6. The van der Waals surface area contributed by atoms with Gasteiger partial charge in [0.05, 0.1) is 0 Å². The SMILES string of the molecule is c1ccc2c(-c3cccc4c3sc3c(-c5ccc6c(c5)-c5cc(-c7cccc8c7sc7c(-c9cccc%10ccccc9%10)cccc78)ccc5C6)cccc34)cccc2c1. The van der Waals surface area contributed by atoms with Crippen molar-refractivity contribution in [3.05, 3.63) is 205 Å². The van der Waals surface area contributed by atoms with Crippen LogP contribution < -0.4 is 0 Å². The summed E-state index contributed by atoms with van der Waals surface area (Å²) >= 11 is 3.87. The lowest BCUT2D eigenvalue weighted by molar-refractivity contribution is 1.26. The normalized spacial score (nSPS) is 12.3. The van der Waals surface area contributed by atoms with Gasteiger partial charge in [0.2, 0.25) is 0 Å². The Bertz CT molecular complexity index is 3450. The molecule has 1 aliphatic carbocycles. The summed E-state index contributed by atoms with van der Waals surface area (Å²) in [5.74, 6) is 0. The van der Waals surface area contributed by atoms with Crippen molar-refractivity contribution < 1.29 is 0 Å². The molecule has 0 N–H and O–H groups in total. The molecule has 0 fully saturated rings. The third-order valence-corrected chi connectivity index (χ3v) is 15.3. The molecule has 0 radical (unpaired) electrons. The summed E-state index contributed by atoms with van der Waals surface area (Å²) < 4.78 is 5.40. The third-order valence-electron chi connectivity index (χ3n) is 12.7. The summed E-state index contributed by atoms with van der Waals surface area (Å²) in [5.41, 5.74) is 15.9. The Morgan fingerprint density at radius 3 is 1.05 bits per heavy atom. The quantitative estimate of drug-likeness (QED) is 0.167. The van der Waals surface area contributed by atoms with E-state index in [4.69, 9.17) is 0 Å². The molecular formula is C57H34S2. The van der Waals surface area contributed by atoms with Crippen LogP contribution in [-0.4, -0.2) is 0 Å². The van der Waals surface area contributed by atoms with Gasteiger partial charge in [-0.1, -0.05) is 182 Å². The van der Waals surface area contributed by atoms with Crippen LogP contribution in [0.3, 0.4) is 0 Å². The van der Waals surface area contributed by atoms with Crippen molar-refractivity contribution in [1.82, 2.24) is 0 Å². The molecule has 13 rings (SSSR count). The van der Waals surface area contributed by atoms with Gasteiger partial charge >= 0.3 is 0 Å². The molecule has 12 aromatic rings. The van der Waals surface area contributed by atoms with Crippen molar-refractivity contribution in [2.75, 3.05) is 0 Å². The maximum Gasteiger partial charge on any atom is 0.0434 e. The number of rotatable bonds is 4. The smallest absolute Gasteiger partial charge is 0.0434 e. The van der Waals surface area contributed by atoms with Crippen molar-refractivity contribution in [2.45, 2.75) is 6.42 Å². The highest BCUT2D eigenvalue weighted by Crippen LogP contribution is 2.49. The number of thiophene rings is 2. The monoisotopic (exact) mass is 782 g/mol. The first-order chi connectivity index (χ1) is 29.2. The highest BCUT2D eigenvalue weighted by Gasteiger charge is 2.23. The molecule has 2 aromatic heterocycles. The van der Waals surface area contributed by atoms with Crippen molar-refractivity contribution in [3.63, 3.8) is 0 Å². The van der Waals surface area contributed by atoms with E-state index in [0.29, 0.717) is 0 Å². The zero-order chi connectivity index (χ0) is 38.6. The van der Waals surface area contributed by atoms with E-state index < -0.39 is 0 Å². The van der Waals surface area contributed by atoms with Gasteiger partial charge in [-0.2, -0.15) is 0 Å². The molecule has 0 saturated heterocycles. The van der Waals surface area contributed by atoms with E-state index in [9.17, 15) is 0 Å². The first-order valence-electron chi connectivity index (χ1n) is 20.4. The molecule has 0 bridgehead atoms. The first kappa shape index (κ1) is 33.2. The minimum atomic E-state index is 0.966. The van der Waals surface area contributed by atoms with Crippen LogP contribution in [0.5, 0.6) is 0 Å². The van der Waals surface area contributed by atoms with Gasteiger partial charge in [0, 0.05) is 51.5 Å². The van der Waals surface area contributed by atoms with Gasteiger partial charge in [-0.3, -0.25) is 0 Å². The highest BCUT2D eigenvalue weighted by molar-refractivity contribution is 7.27. The van der Waals surface area contributed by atoms with Crippen LogP contribution >= 0.6 is 22.7 Å². The minimum absolute atomic E-state index is 0.966. The molecule has 59 heavy (non-hydrogen) atoms. The molecule has 0 spiro atoms. The van der Waals surface area contributed by atoms with E-state index in [0.717, 1.165) is 6.42 Å². The van der Waals surface area contributed by atoms with Crippen molar-refractivity contribution >= 4 is 84.6 Å². The van der Waals surface area contributed by atoms with Crippen molar-refractivity contribution in [2.24, 2.45) is 0 Å². The molecule has 2 heteroatoms.